The van der Waals surface area contributed by atoms with Gasteiger partial charge in [-0.15, -0.1) is 0 Å². The molecule has 0 aromatic heterocycles. The Labute approximate surface area is 133 Å². The summed E-state index contributed by atoms with van der Waals surface area (Å²) in [7, 11) is 0. The number of hydrogen-bond donors (Lipinski definition) is 0. The third-order valence-electron chi connectivity index (χ3n) is 4.85. The van der Waals surface area contributed by atoms with E-state index in [9.17, 15) is 0 Å². The van der Waals surface area contributed by atoms with Crippen molar-refractivity contribution in [2.75, 3.05) is 0 Å². The summed E-state index contributed by atoms with van der Waals surface area (Å²) in [4.78, 5) is 0. The highest BCUT2D eigenvalue weighted by atomic mass is 14.5. The highest BCUT2D eigenvalue weighted by Crippen LogP contribution is 2.48. The van der Waals surface area contributed by atoms with Crippen molar-refractivity contribution < 1.29 is 0 Å². The van der Waals surface area contributed by atoms with Crippen molar-refractivity contribution >= 4 is 0 Å². The zero-order chi connectivity index (χ0) is 16.2. The van der Waals surface area contributed by atoms with Gasteiger partial charge in [0.1, 0.15) is 0 Å². The summed E-state index contributed by atoms with van der Waals surface area (Å²) in [6.45, 7) is 18.3. The normalized spacial score (nSPS) is 21.0. The Hall–Kier alpha value is -0.780. The van der Waals surface area contributed by atoms with E-state index in [2.05, 4.69) is 79.7 Å². The molecule has 1 saturated carbocycles. The van der Waals surface area contributed by atoms with Crippen molar-refractivity contribution in [2.45, 2.75) is 73.6 Å². The standard InChI is InChI=1S/C12H18.C9H18/c1-9(2)11-6-5-7-12(8-11)10(3)4;1-6(2)8-5-9(8)7(3)4/h5-10H,1-4H3;6-9H,5H2,1-4H3. The predicted molar refractivity (Wildman–Crippen MR) is 95.9 cm³/mol. The Kier molecular flexibility index (Phi) is 6.97. The molecule has 0 amide bonds. The smallest absolute Gasteiger partial charge is 0.0219 e. The fraction of sp³-hybridized carbons (Fsp3) is 0.714. The van der Waals surface area contributed by atoms with Crippen LogP contribution in [0, 0.1) is 23.7 Å². The first kappa shape index (κ1) is 18.3. The molecule has 1 aromatic carbocycles. The van der Waals surface area contributed by atoms with Crippen LogP contribution in [0.2, 0.25) is 0 Å². The maximum absolute atomic E-state index is 2.34. The van der Waals surface area contributed by atoms with Crippen molar-refractivity contribution in [1.29, 1.82) is 0 Å². The lowest BCUT2D eigenvalue weighted by Gasteiger charge is -2.09. The van der Waals surface area contributed by atoms with Crippen LogP contribution in [0.1, 0.15) is 84.8 Å². The molecule has 0 radical (unpaired) electrons. The Morgan fingerprint density at radius 2 is 1.10 bits per heavy atom. The highest BCUT2D eigenvalue weighted by Gasteiger charge is 2.40. The minimum Gasteiger partial charge on any atom is -0.0625 e. The first-order chi connectivity index (χ1) is 9.73. The van der Waals surface area contributed by atoms with E-state index in [-0.39, 0.29) is 0 Å². The summed E-state index contributed by atoms with van der Waals surface area (Å²) in [6.07, 6.45) is 1.50. The fourth-order valence-corrected chi connectivity index (χ4v) is 3.05. The molecule has 120 valence electrons. The summed E-state index contributed by atoms with van der Waals surface area (Å²) in [5.41, 5.74) is 2.89. The SMILES string of the molecule is CC(C)C1CC1C(C)C.CC(C)c1cccc(C(C)C)c1. The largest absolute Gasteiger partial charge is 0.0625 e. The third-order valence-corrected chi connectivity index (χ3v) is 4.85. The second-order valence-electron chi connectivity index (χ2n) is 8.03. The number of rotatable bonds is 4. The summed E-state index contributed by atoms with van der Waals surface area (Å²) < 4.78 is 0. The van der Waals surface area contributed by atoms with E-state index in [0.29, 0.717) is 11.8 Å². The molecular weight excluding hydrogens is 252 g/mol. The fourth-order valence-electron chi connectivity index (χ4n) is 3.05. The maximum Gasteiger partial charge on any atom is -0.0219 e. The quantitative estimate of drug-likeness (QED) is 0.567. The van der Waals surface area contributed by atoms with Crippen LogP contribution in [-0.4, -0.2) is 0 Å². The molecule has 1 aliphatic rings. The van der Waals surface area contributed by atoms with Gasteiger partial charge in [0.15, 0.2) is 0 Å². The van der Waals surface area contributed by atoms with Crippen LogP contribution >= 0.6 is 0 Å². The first-order valence-corrected chi connectivity index (χ1v) is 8.83. The molecule has 1 aromatic rings. The summed E-state index contributed by atoms with van der Waals surface area (Å²) in [5.74, 6) is 5.26. The zero-order valence-electron chi connectivity index (χ0n) is 15.5. The monoisotopic (exact) mass is 288 g/mol. The lowest BCUT2D eigenvalue weighted by molar-refractivity contribution is 0.448. The lowest BCUT2D eigenvalue weighted by Crippen LogP contribution is -1.97. The second-order valence-corrected chi connectivity index (χ2v) is 8.03. The van der Waals surface area contributed by atoms with Gasteiger partial charge in [-0.05, 0) is 53.1 Å². The molecule has 2 rings (SSSR count). The maximum atomic E-state index is 2.34. The van der Waals surface area contributed by atoms with Crippen molar-refractivity contribution in [2.24, 2.45) is 23.7 Å². The van der Waals surface area contributed by atoms with Crippen LogP contribution in [0.4, 0.5) is 0 Å². The highest BCUT2D eigenvalue weighted by molar-refractivity contribution is 5.27. The average molecular weight is 289 g/mol. The van der Waals surface area contributed by atoms with Crippen LogP contribution < -0.4 is 0 Å². The van der Waals surface area contributed by atoms with Gasteiger partial charge in [-0.25, -0.2) is 0 Å². The van der Waals surface area contributed by atoms with E-state index < -0.39 is 0 Å². The molecule has 21 heavy (non-hydrogen) atoms. The van der Waals surface area contributed by atoms with Gasteiger partial charge < -0.3 is 0 Å². The number of hydrogen-bond acceptors (Lipinski definition) is 0. The van der Waals surface area contributed by atoms with Crippen LogP contribution in [0.25, 0.3) is 0 Å². The molecule has 0 heterocycles. The Balaban J connectivity index is 0.000000219. The molecule has 0 heteroatoms. The molecule has 0 aliphatic heterocycles. The van der Waals surface area contributed by atoms with Crippen LogP contribution in [0.15, 0.2) is 24.3 Å². The van der Waals surface area contributed by atoms with Crippen molar-refractivity contribution in [3.63, 3.8) is 0 Å². The Morgan fingerprint density at radius 3 is 1.33 bits per heavy atom. The number of benzene rings is 1. The van der Waals surface area contributed by atoms with Gasteiger partial charge in [-0.1, -0.05) is 79.7 Å². The first-order valence-electron chi connectivity index (χ1n) is 8.83. The molecule has 0 nitrogen and oxygen atoms in total. The third kappa shape index (κ3) is 5.85. The van der Waals surface area contributed by atoms with Gasteiger partial charge in [-0.2, -0.15) is 0 Å². The molecule has 0 bridgehead atoms. The average Bonchev–Trinajstić information content (AvgIpc) is 3.20. The minimum atomic E-state index is 0.642. The molecule has 1 aliphatic carbocycles. The van der Waals surface area contributed by atoms with Gasteiger partial charge in [0.05, 0.1) is 0 Å². The van der Waals surface area contributed by atoms with E-state index in [1.807, 2.05) is 0 Å². The Morgan fingerprint density at radius 1 is 0.714 bits per heavy atom. The molecule has 0 saturated heterocycles. The van der Waals surface area contributed by atoms with E-state index in [0.717, 1.165) is 23.7 Å². The van der Waals surface area contributed by atoms with Gasteiger partial charge in [-0.3, -0.25) is 0 Å². The van der Waals surface area contributed by atoms with Crippen LogP contribution in [0.5, 0.6) is 0 Å². The van der Waals surface area contributed by atoms with E-state index >= 15 is 0 Å². The Bertz CT molecular complexity index is 377. The van der Waals surface area contributed by atoms with Crippen molar-refractivity contribution in [1.82, 2.24) is 0 Å². The van der Waals surface area contributed by atoms with E-state index in [1.165, 1.54) is 17.5 Å². The van der Waals surface area contributed by atoms with Gasteiger partial charge in [0.25, 0.3) is 0 Å². The predicted octanol–water partition coefficient (Wildman–Crippen LogP) is 6.87. The molecule has 0 N–H and O–H groups in total. The van der Waals surface area contributed by atoms with Gasteiger partial charge in [0, 0.05) is 0 Å². The topological polar surface area (TPSA) is 0 Å². The molecule has 1 fully saturated rings. The van der Waals surface area contributed by atoms with Crippen molar-refractivity contribution in [3.05, 3.63) is 35.4 Å². The second kappa shape index (κ2) is 8.01. The molecule has 0 spiro atoms. The minimum absolute atomic E-state index is 0.642. The van der Waals surface area contributed by atoms with Gasteiger partial charge >= 0.3 is 0 Å². The molecular formula is C21H36. The molecule has 2 atom stereocenters. The summed E-state index contributed by atoms with van der Waals surface area (Å²) >= 11 is 0. The van der Waals surface area contributed by atoms with Gasteiger partial charge in [0.2, 0.25) is 0 Å². The van der Waals surface area contributed by atoms with Crippen LogP contribution in [-0.2, 0) is 0 Å². The van der Waals surface area contributed by atoms with Crippen molar-refractivity contribution in [3.8, 4) is 0 Å². The lowest BCUT2D eigenvalue weighted by atomic mass is 9.96. The van der Waals surface area contributed by atoms with E-state index in [1.54, 1.807) is 0 Å². The summed E-state index contributed by atoms with van der Waals surface area (Å²) in [5, 5.41) is 0. The van der Waals surface area contributed by atoms with Crippen LogP contribution in [0.3, 0.4) is 0 Å². The molecule has 2 unspecified atom stereocenters. The summed E-state index contributed by atoms with van der Waals surface area (Å²) in [6, 6.07) is 8.88. The van der Waals surface area contributed by atoms with E-state index in [4.69, 9.17) is 0 Å². The zero-order valence-corrected chi connectivity index (χ0v) is 15.5.